The van der Waals surface area contributed by atoms with Crippen molar-refractivity contribution in [1.29, 1.82) is 0 Å². The number of piperidine rings is 1. The highest BCUT2D eigenvalue weighted by Gasteiger charge is 2.18. The number of rotatable bonds is 12. The van der Waals surface area contributed by atoms with Gasteiger partial charge in [0.25, 0.3) is 0 Å². The van der Waals surface area contributed by atoms with Gasteiger partial charge in [-0.25, -0.2) is 23.7 Å². The number of amides is 1. The summed E-state index contributed by atoms with van der Waals surface area (Å²) in [4.78, 5) is 28.6. The molecular formula is C29H32F2N6O4S. The SMILES string of the molecule is COc1cc2c(Nc3ncc(CC(=O)Nc4ccc(F)c(F)c4)s3)ncnc2cc1OCCCN1CCC(CO)CC1. The molecule has 2 aromatic carbocycles. The number of aliphatic hydroxyl groups excluding tert-OH is 1. The van der Waals surface area contributed by atoms with Crippen molar-refractivity contribution in [3.8, 4) is 11.5 Å². The number of aromatic nitrogens is 3. The predicted octanol–water partition coefficient (Wildman–Crippen LogP) is 4.77. The Bertz CT molecular complexity index is 1530. The Balaban J connectivity index is 1.19. The molecule has 42 heavy (non-hydrogen) atoms. The average Bonchev–Trinajstić information content (AvgIpc) is 3.43. The van der Waals surface area contributed by atoms with E-state index in [4.69, 9.17) is 9.47 Å². The second kappa shape index (κ2) is 13.8. The first kappa shape index (κ1) is 29.5. The van der Waals surface area contributed by atoms with E-state index in [2.05, 4.69) is 30.5 Å². The van der Waals surface area contributed by atoms with Gasteiger partial charge in [0, 0.05) is 47.4 Å². The zero-order valence-corrected chi connectivity index (χ0v) is 23.9. The second-order valence-corrected chi connectivity index (χ2v) is 11.1. The molecule has 0 bridgehead atoms. The fourth-order valence-electron chi connectivity index (χ4n) is 4.78. The fourth-order valence-corrected chi connectivity index (χ4v) is 5.59. The molecular weight excluding hydrogens is 566 g/mol. The lowest BCUT2D eigenvalue weighted by molar-refractivity contribution is -0.115. The Morgan fingerprint density at radius 3 is 2.71 bits per heavy atom. The molecule has 0 saturated carbocycles. The number of halogens is 2. The number of carbonyl (C=O) groups excluding carboxylic acids is 1. The highest BCUT2D eigenvalue weighted by atomic mass is 32.1. The van der Waals surface area contributed by atoms with Gasteiger partial charge in [-0.1, -0.05) is 0 Å². The van der Waals surface area contributed by atoms with Crippen LogP contribution in [0.1, 0.15) is 24.1 Å². The van der Waals surface area contributed by atoms with Crippen LogP contribution in [0.25, 0.3) is 10.9 Å². The number of fused-ring (bicyclic) bond motifs is 1. The van der Waals surface area contributed by atoms with Crippen LogP contribution < -0.4 is 20.1 Å². The molecule has 0 atom stereocenters. The first-order valence-electron chi connectivity index (χ1n) is 13.7. The lowest BCUT2D eigenvalue weighted by Gasteiger charge is -2.30. The highest BCUT2D eigenvalue weighted by molar-refractivity contribution is 7.15. The van der Waals surface area contributed by atoms with Crippen molar-refractivity contribution >= 4 is 44.8 Å². The average molecular weight is 599 g/mol. The molecule has 0 spiro atoms. The third-order valence-electron chi connectivity index (χ3n) is 7.08. The van der Waals surface area contributed by atoms with Gasteiger partial charge >= 0.3 is 0 Å². The van der Waals surface area contributed by atoms with Crippen molar-refractivity contribution in [2.45, 2.75) is 25.7 Å². The summed E-state index contributed by atoms with van der Waals surface area (Å²) in [6, 6.07) is 6.83. The molecule has 4 aromatic rings. The molecule has 5 rings (SSSR count). The Labute approximate surface area is 245 Å². The van der Waals surface area contributed by atoms with Crippen LogP contribution in [0, 0.1) is 17.6 Å². The molecule has 1 saturated heterocycles. The van der Waals surface area contributed by atoms with Gasteiger partial charge in [-0.15, -0.1) is 11.3 Å². The minimum absolute atomic E-state index is 0.0122. The van der Waals surface area contributed by atoms with Crippen LogP contribution in [0.3, 0.4) is 0 Å². The van der Waals surface area contributed by atoms with E-state index < -0.39 is 11.6 Å². The van der Waals surface area contributed by atoms with E-state index >= 15 is 0 Å². The van der Waals surface area contributed by atoms with Crippen LogP contribution in [0.4, 0.5) is 25.4 Å². The van der Waals surface area contributed by atoms with Crippen molar-refractivity contribution in [3.05, 3.63) is 59.4 Å². The number of aliphatic hydroxyl groups is 1. The summed E-state index contributed by atoms with van der Waals surface area (Å²) in [7, 11) is 1.58. The zero-order chi connectivity index (χ0) is 29.5. The number of hydrogen-bond acceptors (Lipinski definition) is 10. The number of nitrogens with zero attached hydrogens (tertiary/aromatic N) is 4. The topological polar surface area (TPSA) is 122 Å². The molecule has 1 aliphatic rings. The lowest BCUT2D eigenvalue weighted by atomic mass is 9.98. The maximum atomic E-state index is 13.4. The number of anilines is 3. The molecule has 3 heterocycles. The molecule has 0 aliphatic carbocycles. The monoisotopic (exact) mass is 598 g/mol. The molecule has 13 heteroatoms. The second-order valence-electron chi connectivity index (χ2n) is 10.0. The lowest BCUT2D eigenvalue weighted by Crippen LogP contribution is -2.35. The highest BCUT2D eigenvalue weighted by Crippen LogP contribution is 2.35. The molecule has 1 fully saturated rings. The van der Waals surface area contributed by atoms with E-state index in [1.54, 1.807) is 13.3 Å². The van der Waals surface area contributed by atoms with E-state index in [0.717, 1.165) is 51.0 Å². The Morgan fingerprint density at radius 1 is 1.12 bits per heavy atom. The third kappa shape index (κ3) is 7.46. The van der Waals surface area contributed by atoms with Crippen LogP contribution in [-0.4, -0.2) is 70.8 Å². The normalized spacial score (nSPS) is 14.2. The van der Waals surface area contributed by atoms with Gasteiger partial charge in [0.1, 0.15) is 12.1 Å². The summed E-state index contributed by atoms with van der Waals surface area (Å²) >= 11 is 1.27. The predicted molar refractivity (Wildman–Crippen MR) is 157 cm³/mol. The number of nitrogens with one attached hydrogen (secondary N) is 2. The van der Waals surface area contributed by atoms with Crippen molar-refractivity contribution < 1.29 is 28.2 Å². The molecule has 1 aliphatic heterocycles. The van der Waals surface area contributed by atoms with E-state index in [1.165, 1.54) is 23.7 Å². The number of likely N-dealkylation sites (tertiary alicyclic amines) is 1. The summed E-state index contributed by atoms with van der Waals surface area (Å²) in [6.45, 7) is 3.74. The van der Waals surface area contributed by atoms with Gasteiger partial charge in [-0.3, -0.25) is 4.79 Å². The van der Waals surface area contributed by atoms with Gasteiger partial charge < -0.3 is 30.1 Å². The molecule has 10 nitrogen and oxygen atoms in total. The zero-order valence-electron chi connectivity index (χ0n) is 23.1. The summed E-state index contributed by atoms with van der Waals surface area (Å²) in [5, 5.41) is 16.3. The number of ether oxygens (including phenoxy) is 2. The fraction of sp³-hybridized carbons (Fsp3) is 0.379. The van der Waals surface area contributed by atoms with Crippen LogP contribution in [0.2, 0.25) is 0 Å². The maximum absolute atomic E-state index is 13.4. The molecule has 222 valence electrons. The smallest absolute Gasteiger partial charge is 0.229 e. The number of benzene rings is 2. The van der Waals surface area contributed by atoms with Crippen LogP contribution in [0.15, 0.2) is 42.9 Å². The molecule has 1 amide bonds. The first-order chi connectivity index (χ1) is 20.4. The van der Waals surface area contributed by atoms with E-state index in [0.29, 0.717) is 50.8 Å². The van der Waals surface area contributed by atoms with E-state index in [1.807, 2.05) is 12.1 Å². The Morgan fingerprint density at radius 2 is 1.95 bits per heavy atom. The molecule has 0 unspecified atom stereocenters. The van der Waals surface area contributed by atoms with Crippen LogP contribution in [0.5, 0.6) is 11.5 Å². The molecule has 3 N–H and O–H groups in total. The van der Waals surface area contributed by atoms with Crippen LogP contribution >= 0.6 is 11.3 Å². The minimum atomic E-state index is -1.03. The van der Waals surface area contributed by atoms with E-state index in [9.17, 15) is 18.7 Å². The summed E-state index contributed by atoms with van der Waals surface area (Å²) in [6.07, 6.45) is 5.96. The Hall–Kier alpha value is -3.94. The number of methoxy groups -OCH3 is 1. The molecule has 0 radical (unpaired) electrons. The Kier molecular flexibility index (Phi) is 9.72. The number of hydrogen-bond donors (Lipinski definition) is 3. The van der Waals surface area contributed by atoms with E-state index in [-0.39, 0.29) is 24.6 Å². The first-order valence-corrected chi connectivity index (χ1v) is 14.5. The van der Waals surface area contributed by atoms with Crippen molar-refractivity contribution in [2.75, 3.05) is 50.6 Å². The standard InChI is InChI=1S/C29H32F2N6O4S/c1-40-25-13-21-24(14-26(25)41-10-2-7-37-8-5-18(16-38)6-9-37)33-17-34-28(21)36-29-32-15-20(42-29)12-27(39)35-19-3-4-22(30)23(31)11-19/h3-4,11,13-15,17-18,38H,2,5-10,12,16H2,1H3,(H,35,39)(H,32,33,34,36). The number of carbonyl (C=O) groups is 1. The van der Waals surface area contributed by atoms with Crippen molar-refractivity contribution in [2.24, 2.45) is 5.92 Å². The minimum Gasteiger partial charge on any atom is -0.493 e. The van der Waals surface area contributed by atoms with Gasteiger partial charge in [-0.2, -0.15) is 0 Å². The summed E-state index contributed by atoms with van der Waals surface area (Å²) < 4.78 is 38.2. The maximum Gasteiger partial charge on any atom is 0.229 e. The van der Waals surface area contributed by atoms with Gasteiger partial charge in [0.15, 0.2) is 28.3 Å². The van der Waals surface area contributed by atoms with Crippen LogP contribution in [-0.2, 0) is 11.2 Å². The largest absolute Gasteiger partial charge is 0.493 e. The van der Waals surface area contributed by atoms with Crippen molar-refractivity contribution in [3.63, 3.8) is 0 Å². The quantitative estimate of drug-likeness (QED) is 0.198. The van der Waals surface area contributed by atoms with Gasteiger partial charge in [0.05, 0.1) is 25.7 Å². The third-order valence-corrected chi connectivity index (χ3v) is 7.99. The van der Waals surface area contributed by atoms with Crippen molar-refractivity contribution in [1.82, 2.24) is 19.9 Å². The van der Waals surface area contributed by atoms with Gasteiger partial charge in [0.2, 0.25) is 5.91 Å². The summed E-state index contributed by atoms with van der Waals surface area (Å²) in [5.74, 6) is -0.306. The number of thiazole rings is 1. The van der Waals surface area contributed by atoms with Gasteiger partial charge in [-0.05, 0) is 56.5 Å². The molecule has 2 aromatic heterocycles. The summed E-state index contributed by atoms with van der Waals surface area (Å²) in [5.41, 5.74) is 0.836.